The number of alkyl halides is 1. The molecule has 1 amide bonds. The van der Waals surface area contributed by atoms with Gasteiger partial charge in [0.05, 0.1) is 24.9 Å². The van der Waals surface area contributed by atoms with Gasteiger partial charge in [-0.05, 0) is 85.3 Å². The normalized spacial score (nSPS) is 27.0. The summed E-state index contributed by atoms with van der Waals surface area (Å²) in [5, 5.41) is 0.867. The summed E-state index contributed by atoms with van der Waals surface area (Å²) in [6.07, 6.45) is 5.55. The number of benzene rings is 2. The molecule has 196 valence electrons. The lowest BCUT2D eigenvalue weighted by atomic mass is 9.55. The van der Waals surface area contributed by atoms with Gasteiger partial charge in [0, 0.05) is 22.7 Å². The Balaban J connectivity index is 1.33. The Morgan fingerprint density at radius 1 is 1.03 bits per heavy atom. The Morgan fingerprint density at radius 3 is 2.41 bits per heavy atom. The summed E-state index contributed by atoms with van der Waals surface area (Å²) in [6.45, 7) is 4.96. The zero-order valence-electron chi connectivity index (χ0n) is 21.9. The van der Waals surface area contributed by atoms with Gasteiger partial charge in [-0.2, -0.15) is 0 Å². The van der Waals surface area contributed by atoms with Crippen molar-refractivity contribution in [2.75, 3.05) is 12.5 Å². The number of rotatable bonds is 7. The number of nitrogens with zero attached hydrogens (tertiary/aromatic N) is 1. The number of amides is 1. The third-order valence-electron chi connectivity index (χ3n) is 8.09. The number of pyridine rings is 1. The van der Waals surface area contributed by atoms with E-state index in [0.717, 1.165) is 60.0 Å². The molecule has 1 heterocycles. The molecule has 2 atom stereocenters. The van der Waals surface area contributed by atoms with Gasteiger partial charge >= 0.3 is 0 Å². The van der Waals surface area contributed by atoms with Crippen molar-refractivity contribution in [3.63, 3.8) is 0 Å². The fraction of sp³-hybridized carbons (Fsp3) is 0.467. The Labute approximate surface area is 223 Å². The highest BCUT2D eigenvalue weighted by Crippen LogP contribution is 2.58. The molecule has 2 unspecified atom stereocenters. The maximum absolute atomic E-state index is 13.2. The van der Waals surface area contributed by atoms with E-state index in [1.54, 1.807) is 17.7 Å². The van der Waals surface area contributed by atoms with Crippen molar-refractivity contribution in [3.05, 3.63) is 70.5 Å². The van der Waals surface area contributed by atoms with Crippen LogP contribution in [-0.4, -0.2) is 22.5 Å². The molecule has 37 heavy (non-hydrogen) atoms. The van der Waals surface area contributed by atoms with Crippen LogP contribution in [0.4, 0.5) is 5.69 Å². The van der Waals surface area contributed by atoms with Crippen LogP contribution in [0.15, 0.2) is 59.4 Å². The second-order valence-electron chi connectivity index (χ2n) is 11.5. The average molecular weight is 522 g/mol. The molecule has 2 bridgehead atoms. The van der Waals surface area contributed by atoms with Crippen molar-refractivity contribution in [1.82, 2.24) is 9.99 Å². The second kappa shape index (κ2) is 10.1. The van der Waals surface area contributed by atoms with Crippen LogP contribution < -0.4 is 21.1 Å². The highest BCUT2D eigenvalue weighted by Gasteiger charge is 2.51. The van der Waals surface area contributed by atoms with Crippen LogP contribution >= 0.6 is 11.6 Å². The summed E-state index contributed by atoms with van der Waals surface area (Å²) in [4.78, 5) is 25.8. The molecule has 0 aliphatic heterocycles. The number of carbonyl (C=O) groups excluding carboxylic acids is 1. The van der Waals surface area contributed by atoms with Crippen LogP contribution in [0, 0.1) is 17.3 Å². The fourth-order valence-corrected chi connectivity index (χ4v) is 8.05. The first-order chi connectivity index (χ1) is 17.7. The Morgan fingerprint density at radius 2 is 1.73 bits per heavy atom. The highest BCUT2D eigenvalue weighted by atomic mass is 35.5. The first-order valence-corrected chi connectivity index (χ1v) is 13.5. The average Bonchev–Trinajstić information content (AvgIpc) is 2.83. The molecule has 0 saturated heterocycles. The number of methoxy groups -OCH3 is 1. The second-order valence-corrected chi connectivity index (χ2v) is 12.4. The van der Waals surface area contributed by atoms with Crippen molar-refractivity contribution >= 4 is 34.1 Å². The molecule has 2 aromatic carbocycles. The van der Waals surface area contributed by atoms with Crippen molar-refractivity contribution in [2.24, 2.45) is 17.3 Å². The minimum Gasteiger partial charge on any atom is -0.497 e. The molecular weight excluding hydrogens is 486 g/mol. The van der Waals surface area contributed by atoms with E-state index in [4.69, 9.17) is 16.3 Å². The third-order valence-corrected chi connectivity index (χ3v) is 8.53. The Bertz CT molecular complexity index is 1340. The number of carbonyl (C=O) groups is 1. The third kappa shape index (κ3) is 5.49. The largest absolute Gasteiger partial charge is 0.497 e. The highest BCUT2D eigenvalue weighted by molar-refractivity contribution is 6.24. The van der Waals surface area contributed by atoms with E-state index in [9.17, 15) is 9.59 Å². The van der Waals surface area contributed by atoms with Crippen molar-refractivity contribution in [3.8, 4) is 5.75 Å². The fourth-order valence-electron chi connectivity index (χ4n) is 7.24. The number of hydrazine groups is 1. The number of ether oxygens (including phenoxy) is 1. The molecule has 7 heteroatoms. The van der Waals surface area contributed by atoms with Crippen LogP contribution in [0.5, 0.6) is 5.75 Å². The predicted molar refractivity (Wildman–Crippen MR) is 149 cm³/mol. The quantitative estimate of drug-likeness (QED) is 0.291. The number of halogens is 1. The molecule has 2 N–H and O–H groups in total. The number of nitrogens with one attached hydrogen (secondary N) is 2. The number of hydrogen-bond acceptors (Lipinski definition) is 4. The summed E-state index contributed by atoms with van der Waals surface area (Å²) >= 11 is 7.03. The lowest BCUT2D eigenvalue weighted by Crippen LogP contribution is -2.49. The van der Waals surface area contributed by atoms with E-state index in [0.29, 0.717) is 24.8 Å². The van der Waals surface area contributed by atoms with Crippen molar-refractivity contribution in [2.45, 2.75) is 63.8 Å². The minimum atomic E-state index is -0.174. The van der Waals surface area contributed by atoms with Gasteiger partial charge < -0.3 is 9.30 Å². The van der Waals surface area contributed by atoms with Crippen molar-refractivity contribution < 1.29 is 9.53 Å². The predicted octanol–water partition coefficient (Wildman–Crippen LogP) is 6.11. The van der Waals surface area contributed by atoms with Crippen LogP contribution in [0.1, 0.15) is 57.9 Å². The first-order valence-electron chi connectivity index (χ1n) is 13.2. The van der Waals surface area contributed by atoms with Gasteiger partial charge in [-0.15, -0.1) is 11.6 Å². The van der Waals surface area contributed by atoms with E-state index in [1.165, 1.54) is 0 Å². The van der Waals surface area contributed by atoms with Gasteiger partial charge in [-0.1, -0.05) is 32.0 Å². The molecule has 2 saturated carbocycles. The Hall–Kier alpha value is -2.99. The lowest BCUT2D eigenvalue weighted by molar-refractivity contribution is -0.125. The Kier molecular flexibility index (Phi) is 6.97. The van der Waals surface area contributed by atoms with Gasteiger partial charge in [0.2, 0.25) is 5.91 Å². The van der Waals surface area contributed by atoms with Gasteiger partial charge in [0.25, 0.3) is 5.56 Å². The van der Waals surface area contributed by atoms with Crippen LogP contribution in [0.3, 0.4) is 0 Å². The topological polar surface area (TPSA) is 72.4 Å². The van der Waals surface area contributed by atoms with Gasteiger partial charge in [-0.3, -0.25) is 20.4 Å². The van der Waals surface area contributed by atoms with E-state index in [-0.39, 0.29) is 21.8 Å². The molecule has 3 aromatic rings. The monoisotopic (exact) mass is 521 g/mol. The molecule has 0 spiro atoms. The molecule has 2 aliphatic carbocycles. The van der Waals surface area contributed by atoms with E-state index in [2.05, 4.69) is 24.7 Å². The summed E-state index contributed by atoms with van der Waals surface area (Å²) in [6, 6.07) is 16.8. The van der Waals surface area contributed by atoms with E-state index in [1.807, 2.05) is 48.5 Å². The molecule has 0 radical (unpaired) electrons. The van der Waals surface area contributed by atoms with Gasteiger partial charge in [-0.25, -0.2) is 0 Å². The van der Waals surface area contributed by atoms with Crippen molar-refractivity contribution in [1.29, 1.82) is 0 Å². The number of aromatic nitrogens is 1. The molecule has 2 fully saturated rings. The molecular formula is C30H36ClN3O3. The zero-order chi connectivity index (χ0) is 26.2. The number of fused-ring (bicyclic) bond motifs is 3. The summed E-state index contributed by atoms with van der Waals surface area (Å²) in [5.74, 6) is 1.81. The summed E-state index contributed by atoms with van der Waals surface area (Å²) in [5.41, 5.74) is 8.52. The van der Waals surface area contributed by atoms with E-state index >= 15 is 0 Å². The van der Waals surface area contributed by atoms with Crippen LogP contribution in [-0.2, 0) is 11.3 Å². The summed E-state index contributed by atoms with van der Waals surface area (Å²) in [7, 11) is 1.63. The molecule has 5 rings (SSSR count). The van der Waals surface area contributed by atoms with Crippen LogP contribution in [0.2, 0.25) is 0 Å². The van der Waals surface area contributed by atoms with Crippen LogP contribution in [0.25, 0.3) is 10.9 Å². The smallest absolute Gasteiger partial charge is 0.251 e. The lowest BCUT2D eigenvalue weighted by Gasteiger charge is -2.53. The minimum absolute atomic E-state index is 0.0224. The maximum atomic E-state index is 13.2. The summed E-state index contributed by atoms with van der Waals surface area (Å²) < 4.78 is 6.99. The maximum Gasteiger partial charge on any atom is 0.251 e. The molecule has 6 nitrogen and oxygen atoms in total. The van der Waals surface area contributed by atoms with E-state index < -0.39 is 0 Å². The van der Waals surface area contributed by atoms with Gasteiger partial charge in [0.1, 0.15) is 5.75 Å². The number of hydrogen-bond donors (Lipinski definition) is 2. The van der Waals surface area contributed by atoms with Gasteiger partial charge in [0.15, 0.2) is 0 Å². The standard InChI is InChI=1S/C30H36ClN3O3/c1-20-13-29(14-21(2)16-30(31,15-20)19-29)17-27(35)33-32-25-5-4-6-26-24(25)11-12-28(36)34(26)18-22-7-9-23(37-3)10-8-22/h4-12,20-21,32H,13-19H2,1-3H3,(H,33,35). The number of anilines is 1. The molecule has 2 aliphatic rings. The first kappa shape index (κ1) is 25.7. The zero-order valence-corrected chi connectivity index (χ0v) is 22.6. The SMILES string of the molecule is COc1ccc(Cn2c(=O)ccc3c(NNC(=O)CC45CC(C)CC(Cl)(CC(C)C4)C5)cccc32)cc1. The molecule has 1 aromatic heterocycles.